The van der Waals surface area contributed by atoms with E-state index >= 15 is 0 Å². The van der Waals surface area contributed by atoms with Crippen LogP contribution in [-0.2, 0) is 4.79 Å². The van der Waals surface area contributed by atoms with E-state index in [1.54, 1.807) is 32.2 Å². The summed E-state index contributed by atoms with van der Waals surface area (Å²) in [5.74, 6) is 0.294. The Morgan fingerprint density at radius 3 is 2.79 bits per heavy atom. The van der Waals surface area contributed by atoms with Crippen molar-refractivity contribution in [2.75, 3.05) is 5.32 Å². The highest BCUT2D eigenvalue weighted by Crippen LogP contribution is 2.19. The number of pyridine rings is 1. The minimum Gasteiger partial charge on any atom is -0.309 e. The summed E-state index contributed by atoms with van der Waals surface area (Å²) in [5.41, 5.74) is 0. The van der Waals surface area contributed by atoms with Gasteiger partial charge in [0, 0.05) is 11.2 Å². The average molecular weight is 278 g/mol. The van der Waals surface area contributed by atoms with Gasteiger partial charge in [-0.3, -0.25) is 4.79 Å². The first-order valence-electron chi connectivity index (χ1n) is 4.01. The fraction of sp³-hybridized carbons (Fsp3) is 0.333. The molecule has 0 aliphatic rings. The predicted molar refractivity (Wildman–Crippen MR) is 60.9 cm³/mol. The molecule has 0 fully saturated rings. The molecule has 1 N–H and O–H groups in total. The zero-order valence-corrected chi connectivity index (χ0v) is 10.2. The molecule has 0 aromatic carbocycles. The van der Waals surface area contributed by atoms with Crippen molar-refractivity contribution in [1.82, 2.24) is 4.98 Å². The maximum atomic E-state index is 11.5. The van der Waals surface area contributed by atoms with Gasteiger partial charge >= 0.3 is 0 Å². The number of carbonyl (C=O) groups is 1. The van der Waals surface area contributed by atoms with E-state index in [0.717, 1.165) is 0 Å². The molecule has 0 aliphatic heterocycles. The Morgan fingerprint density at radius 2 is 2.29 bits per heavy atom. The molecule has 0 aliphatic carbocycles. The molecule has 0 unspecified atom stereocenters. The van der Waals surface area contributed by atoms with Crippen LogP contribution in [0.5, 0.6) is 0 Å². The van der Waals surface area contributed by atoms with Gasteiger partial charge in [-0.1, -0.05) is 27.5 Å². The second kappa shape index (κ2) is 4.28. The molecule has 0 spiro atoms. The van der Waals surface area contributed by atoms with Crippen LogP contribution in [-0.4, -0.2) is 15.2 Å². The number of aromatic nitrogens is 1. The third-order valence-corrected chi connectivity index (χ3v) is 2.10. The molecule has 1 aromatic rings. The van der Waals surface area contributed by atoms with Crippen molar-refractivity contribution in [2.24, 2.45) is 0 Å². The van der Waals surface area contributed by atoms with Gasteiger partial charge in [0.15, 0.2) is 0 Å². The zero-order valence-electron chi connectivity index (χ0n) is 7.84. The Bertz CT molecular complexity index is 349. The number of amides is 1. The topological polar surface area (TPSA) is 42.0 Å². The molecule has 1 heterocycles. The molecule has 0 radical (unpaired) electrons. The normalized spacial score (nSPS) is 11.1. The fourth-order valence-corrected chi connectivity index (χ4v) is 0.997. The first-order chi connectivity index (χ1) is 6.39. The number of hydrogen-bond acceptors (Lipinski definition) is 2. The maximum absolute atomic E-state index is 11.5. The van der Waals surface area contributed by atoms with Crippen LogP contribution < -0.4 is 5.32 Å². The molecule has 5 heteroatoms. The summed E-state index contributed by atoms with van der Waals surface area (Å²) in [6, 6.07) is 3.24. The van der Waals surface area contributed by atoms with Crippen LogP contribution in [0.3, 0.4) is 0 Å². The van der Waals surface area contributed by atoms with Crippen LogP contribution in [0, 0.1) is 0 Å². The molecule has 14 heavy (non-hydrogen) atoms. The van der Waals surface area contributed by atoms with Crippen LogP contribution in [0.25, 0.3) is 0 Å². The Kier molecular flexibility index (Phi) is 3.50. The van der Waals surface area contributed by atoms with E-state index < -0.39 is 4.32 Å². The Labute approximate surface area is 96.0 Å². The molecule has 76 valence electrons. The zero-order chi connectivity index (χ0) is 10.8. The number of nitrogens with one attached hydrogen (secondary N) is 1. The molecule has 0 saturated carbocycles. The summed E-state index contributed by atoms with van der Waals surface area (Å²) in [5, 5.41) is 3.19. The molecule has 1 rings (SSSR count). The van der Waals surface area contributed by atoms with Gasteiger partial charge in [-0.05, 0) is 26.0 Å². The number of anilines is 1. The van der Waals surface area contributed by atoms with E-state index in [1.165, 1.54) is 0 Å². The Hall–Kier alpha value is -0.610. The quantitative estimate of drug-likeness (QED) is 0.845. The van der Waals surface area contributed by atoms with Gasteiger partial charge in [0.2, 0.25) is 5.91 Å². The lowest BCUT2D eigenvalue weighted by Gasteiger charge is -2.15. The molecular weight excluding hydrogens is 267 g/mol. The van der Waals surface area contributed by atoms with Gasteiger partial charge < -0.3 is 5.32 Å². The molecule has 0 bridgehead atoms. The third kappa shape index (κ3) is 3.27. The highest BCUT2D eigenvalue weighted by molar-refractivity contribution is 9.10. The molecule has 1 aromatic heterocycles. The SMILES string of the molecule is CC(C)(Br)C(=O)Nc1cc(Cl)ccn1. The van der Waals surface area contributed by atoms with Crippen molar-refractivity contribution in [2.45, 2.75) is 18.2 Å². The average Bonchev–Trinajstić information content (AvgIpc) is 2.02. The van der Waals surface area contributed by atoms with Crippen LogP contribution in [0.2, 0.25) is 5.02 Å². The van der Waals surface area contributed by atoms with Crippen molar-refractivity contribution in [3.63, 3.8) is 0 Å². The molecule has 0 atom stereocenters. The second-order valence-corrected chi connectivity index (χ2v) is 5.70. The first kappa shape index (κ1) is 11.5. The smallest absolute Gasteiger partial charge is 0.241 e. The lowest BCUT2D eigenvalue weighted by Crippen LogP contribution is -2.31. The number of halogens is 2. The number of alkyl halides is 1. The third-order valence-electron chi connectivity index (χ3n) is 1.50. The minimum absolute atomic E-state index is 0.160. The summed E-state index contributed by atoms with van der Waals surface area (Å²) in [4.78, 5) is 15.5. The standard InChI is InChI=1S/C9H10BrClN2O/c1-9(2,10)8(14)13-7-5-6(11)3-4-12-7/h3-5H,1-2H3,(H,12,13,14). The maximum Gasteiger partial charge on any atom is 0.241 e. The molecule has 0 saturated heterocycles. The van der Waals surface area contributed by atoms with Crippen LogP contribution >= 0.6 is 27.5 Å². The summed E-state index contributed by atoms with van der Waals surface area (Å²) in [6.45, 7) is 3.51. The number of hydrogen-bond donors (Lipinski definition) is 1. The van der Waals surface area contributed by atoms with Gasteiger partial charge in [0.05, 0.1) is 4.32 Å². The summed E-state index contributed by atoms with van der Waals surface area (Å²) in [6.07, 6.45) is 1.54. The number of carbonyl (C=O) groups excluding carboxylic acids is 1. The van der Waals surface area contributed by atoms with Crippen molar-refractivity contribution >= 4 is 39.3 Å². The largest absolute Gasteiger partial charge is 0.309 e. The van der Waals surface area contributed by atoms with Crippen LogP contribution in [0.4, 0.5) is 5.82 Å². The van der Waals surface area contributed by atoms with Crippen LogP contribution in [0.1, 0.15) is 13.8 Å². The van der Waals surface area contributed by atoms with E-state index in [9.17, 15) is 4.79 Å². The van der Waals surface area contributed by atoms with Crippen LogP contribution in [0.15, 0.2) is 18.3 Å². The van der Waals surface area contributed by atoms with E-state index in [2.05, 4.69) is 26.2 Å². The van der Waals surface area contributed by atoms with Crippen molar-refractivity contribution < 1.29 is 4.79 Å². The van der Waals surface area contributed by atoms with E-state index in [1.807, 2.05) is 0 Å². The summed E-state index contributed by atoms with van der Waals surface area (Å²) in [7, 11) is 0. The lowest BCUT2D eigenvalue weighted by atomic mass is 10.2. The van der Waals surface area contributed by atoms with Crippen molar-refractivity contribution in [3.05, 3.63) is 23.4 Å². The first-order valence-corrected chi connectivity index (χ1v) is 5.18. The number of rotatable bonds is 2. The van der Waals surface area contributed by atoms with Gasteiger partial charge in [-0.2, -0.15) is 0 Å². The van der Waals surface area contributed by atoms with Crippen molar-refractivity contribution in [3.8, 4) is 0 Å². The van der Waals surface area contributed by atoms with Gasteiger partial charge in [-0.25, -0.2) is 4.98 Å². The monoisotopic (exact) mass is 276 g/mol. The van der Waals surface area contributed by atoms with Gasteiger partial charge in [-0.15, -0.1) is 0 Å². The number of nitrogens with zero attached hydrogens (tertiary/aromatic N) is 1. The predicted octanol–water partition coefficient (Wildman–Crippen LogP) is 2.85. The fourth-order valence-electron chi connectivity index (χ4n) is 0.738. The molecule has 1 amide bonds. The Balaban J connectivity index is 2.75. The highest BCUT2D eigenvalue weighted by atomic mass is 79.9. The van der Waals surface area contributed by atoms with Gasteiger partial charge in [0.1, 0.15) is 5.82 Å². The highest BCUT2D eigenvalue weighted by Gasteiger charge is 2.23. The summed E-state index contributed by atoms with van der Waals surface area (Å²) < 4.78 is -0.614. The van der Waals surface area contributed by atoms with Gasteiger partial charge in [0.25, 0.3) is 0 Å². The molecule has 3 nitrogen and oxygen atoms in total. The lowest BCUT2D eigenvalue weighted by molar-refractivity contribution is -0.117. The second-order valence-electron chi connectivity index (χ2n) is 3.29. The summed E-state index contributed by atoms with van der Waals surface area (Å²) >= 11 is 8.99. The Morgan fingerprint density at radius 1 is 1.64 bits per heavy atom. The van der Waals surface area contributed by atoms with E-state index in [0.29, 0.717) is 10.8 Å². The molecular formula is C9H10BrClN2O. The van der Waals surface area contributed by atoms with E-state index in [4.69, 9.17) is 11.6 Å². The van der Waals surface area contributed by atoms with E-state index in [-0.39, 0.29) is 5.91 Å². The van der Waals surface area contributed by atoms with Crippen molar-refractivity contribution in [1.29, 1.82) is 0 Å². The minimum atomic E-state index is -0.614.